The third kappa shape index (κ3) is 4.70. The van der Waals surface area contributed by atoms with Crippen LogP contribution < -0.4 is 10.1 Å². The van der Waals surface area contributed by atoms with Gasteiger partial charge in [-0.3, -0.25) is 4.90 Å². The van der Waals surface area contributed by atoms with Crippen LogP contribution in [0, 0.1) is 0 Å². The van der Waals surface area contributed by atoms with Gasteiger partial charge in [0.2, 0.25) is 5.95 Å². The van der Waals surface area contributed by atoms with E-state index in [1.807, 2.05) is 40.9 Å². The van der Waals surface area contributed by atoms with Crippen molar-refractivity contribution in [1.29, 1.82) is 0 Å². The van der Waals surface area contributed by atoms with Gasteiger partial charge in [-0.15, -0.1) is 5.10 Å². The van der Waals surface area contributed by atoms with Crippen molar-refractivity contribution in [3.8, 4) is 5.75 Å². The quantitative estimate of drug-likeness (QED) is 0.600. The minimum absolute atomic E-state index is 0.575. The van der Waals surface area contributed by atoms with Gasteiger partial charge < -0.3 is 10.1 Å². The van der Waals surface area contributed by atoms with Gasteiger partial charge in [0.05, 0.1) is 5.69 Å². The lowest BCUT2D eigenvalue weighted by molar-refractivity contribution is 0.238. The maximum Gasteiger partial charge on any atom is 0.247 e. The summed E-state index contributed by atoms with van der Waals surface area (Å²) in [4.78, 5) is 7.10. The Labute approximate surface area is 182 Å². The Balaban J connectivity index is 1.26. The molecule has 1 aromatic carbocycles. The van der Waals surface area contributed by atoms with Gasteiger partial charge in [0.15, 0.2) is 5.65 Å². The summed E-state index contributed by atoms with van der Waals surface area (Å²) in [6.45, 7) is 4.12. The summed E-state index contributed by atoms with van der Waals surface area (Å²) in [5.74, 6) is 1.46. The van der Waals surface area contributed by atoms with Crippen molar-refractivity contribution in [3.05, 3.63) is 78.5 Å². The molecule has 1 N–H and O–H groups in total. The van der Waals surface area contributed by atoms with Crippen LogP contribution in [0.5, 0.6) is 5.75 Å². The molecule has 0 spiro atoms. The first kappa shape index (κ1) is 19.6. The van der Waals surface area contributed by atoms with Crippen LogP contribution in [0.25, 0.3) is 11.2 Å². The molecule has 1 fully saturated rings. The molecule has 31 heavy (non-hydrogen) atoms. The number of aromatic nitrogens is 3. The summed E-state index contributed by atoms with van der Waals surface area (Å²) in [5, 5.41) is 8.00. The molecular weight excluding hydrogens is 386 g/mol. The lowest BCUT2D eigenvalue weighted by Crippen LogP contribution is -2.25. The number of likely N-dealkylation sites (tertiary alicyclic amines) is 1. The molecule has 5 rings (SSSR count). The van der Waals surface area contributed by atoms with E-state index in [1.165, 1.54) is 25.9 Å². The van der Waals surface area contributed by atoms with Crippen molar-refractivity contribution < 1.29 is 4.74 Å². The first-order valence-electron chi connectivity index (χ1n) is 11.0. The summed E-state index contributed by atoms with van der Waals surface area (Å²) in [7, 11) is 0. The number of allylic oxidation sites excluding steroid dienone is 6. The first-order chi connectivity index (χ1) is 15.3. The summed E-state index contributed by atoms with van der Waals surface area (Å²) < 4.78 is 7.78. The molecule has 0 unspecified atom stereocenters. The summed E-state index contributed by atoms with van der Waals surface area (Å²) in [6.07, 6.45) is 14.1. The van der Waals surface area contributed by atoms with E-state index >= 15 is 0 Å². The number of pyridine rings is 1. The van der Waals surface area contributed by atoms with Gasteiger partial charge in [-0.1, -0.05) is 36.4 Å². The lowest BCUT2D eigenvalue weighted by atomic mass is 10.1. The smallest absolute Gasteiger partial charge is 0.247 e. The number of anilines is 2. The predicted molar refractivity (Wildman–Crippen MR) is 125 cm³/mol. The number of rotatable bonds is 7. The first-order valence-corrected chi connectivity index (χ1v) is 11.0. The zero-order valence-corrected chi connectivity index (χ0v) is 17.6. The van der Waals surface area contributed by atoms with E-state index in [4.69, 9.17) is 9.84 Å². The Hall–Kier alpha value is -3.38. The topological polar surface area (TPSA) is 54.7 Å². The van der Waals surface area contributed by atoms with E-state index < -0.39 is 0 Å². The van der Waals surface area contributed by atoms with E-state index in [0.29, 0.717) is 5.95 Å². The van der Waals surface area contributed by atoms with Gasteiger partial charge in [-0.05, 0) is 74.3 Å². The van der Waals surface area contributed by atoms with E-state index in [1.54, 1.807) is 0 Å². The van der Waals surface area contributed by atoms with Gasteiger partial charge in [0.25, 0.3) is 0 Å². The summed E-state index contributed by atoms with van der Waals surface area (Å²) in [6, 6.07) is 14.0. The zero-order chi connectivity index (χ0) is 20.9. The van der Waals surface area contributed by atoms with Crippen LogP contribution in [0.2, 0.25) is 0 Å². The van der Waals surface area contributed by atoms with E-state index in [2.05, 4.69) is 51.6 Å². The fourth-order valence-electron chi connectivity index (χ4n) is 4.01. The highest BCUT2D eigenvalue weighted by atomic mass is 16.5. The van der Waals surface area contributed by atoms with Crippen molar-refractivity contribution in [3.63, 3.8) is 0 Å². The van der Waals surface area contributed by atoms with Crippen LogP contribution in [-0.2, 0) is 0 Å². The van der Waals surface area contributed by atoms with Gasteiger partial charge >= 0.3 is 0 Å². The highest BCUT2D eigenvalue weighted by Crippen LogP contribution is 2.23. The number of nitrogens with zero attached hydrogens (tertiary/aromatic N) is 4. The third-order valence-electron chi connectivity index (χ3n) is 5.64. The van der Waals surface area contributed by atoms with E-state index in [9.17, 15) is 0 Å². The number of hydrogen-bond donors (Lipinski definition) is 1. The Morgan fingerprint density at radius 2 is 1.87 bits per heavy atom. The van der Waals surface area contributed by atoms with Gasteiger partial charge in [0, 0.05) is 12.2 Å². The highest BCUT2D eigenvalue weighted by Gasteiger charge is 2.12. The maximum atomic E-state index is 5.89. The molecular formula is C25H27N5O. The second-order valence-electron chi connectivity index (χ2n) is 7.85. The van der Waals surface area contributed by atoms with E-state index in [0.717, 1.165) is 47.9 Å². The van der Waals surface area contributed by atoms with Crippen molar-refractivity contribution in [1.82, 2.24) is 19.5 Å². The Kier molecular flexibility index (Phi) is 5.80. The molecule has 0 bridgehead atoms. The monoisotopic (exact) mass is 413 g/mol. The molecule has 0 saturated carbocycles. The standard InChI is InChI=1S/C25H27N5O/c1-2-4-9-20(8-3-1)23-10-7-11-24-27-25(28-30(23)24)26-21-12-14-22(15-13-21)31-19-18-29-16-5-6-17-29/h1-3,7-15H,4-6,16-19H2,(H,26,28). The second kappa shape index (κ2) is 9.18. The molecule has 6 heteroatoms. The molecule has 158 valence electrons. The Morgan fingerprint density at radius 3 is 2.74 bits per heavy atom. The average molecular weight is 414 g/mol. The van der Waals surface area contributed by atoms with Crippen LogP contribution >= 0.6 is 0 Å². The molecule has 0 radical (unpaired) electrons. The average Bonchev–Trinajstić information content (AvgIpc) is 3.37. The molecule has 2 aliphatic rings. The van der Waals surface area contributed by atoms with Crippen molar-refractivity contribution in [2.75, 3.05) is 31.6 Å². The number of benzene rings is 1. The minimum Gasteiger partial charge on any atom is -0.492 e. The third-order valence-corrected chi connectivity index (χ3v) is 5.64. The van der Waals surface area contributed by atoms with Gasteiger partial charge in [-0.2, -0.15) is 4.98 Å². The fourth-order valence-corrected chi connectivity index (χ4v) is 4.01. The fraction of sp³-hybridized carbons (Fsp3) is 0.280. The van der Waals surface area contributed by atoms with Crippen LogP contribution in [0.15, 0.2) is 72.8 Å². The number of ether oxygens (including phenoxy) is 1. The SMILES string of the molecule is C1=CCC=C(c2cccc3nc(Nc4ccc(OCCN5CCCC5)cc4)nn23)C=C1. The molecule has 1 saturated heterocycles. The Morgan fingerprint density at radius 1 is 1.00 bits per heavy atom. The molecule has 2 aromatic heterocycles. The molecule has 0 amide bonds. The van der Waals surface area contributed by atoms with Gasteiger partial charge in [-0.25, -0.2) is 4.52 Å². The van der Waals surface area contributed by atoms with Crippen molar-refractivity contribution >= 4 is 22.9 Å². The number of nitrogens with one attached hydrogen (secondary N) is 1. The van der Waals surface area contributed by atoms with Crippen LogP contribution in [-0.4, -0.2) is 45.7 Å². The zero-order valence-electron chi connectivity index (χ0n) is 17.6. The molecule has 6 nitrogen and oxygen atoms in total. The van der Waals surface area contributed by atoms with Crippen LogP contribution in [0.4, 0.5) is 11.6 Å². The van der Waals surface area contributed by atoms with E-state index in [-0.39, 0.29) is 0 Å². The normalized spacial score (nSPS) is 16.5. The van der Waals surface area contributed by atoms with Crippen LogP contribution in [0.3, 0.4) is 0 Å². The molecule has 3 heterocycles. The van der Waals surface area contributed by atoms with Crippen molar-refractivity contribution in [2.24, 2.45) is 0 Å². The van der Waals surface area contributed by atoms with Crippen molar-refractivity contribution in [2.45, 2.75) is 19.3 Å². The maximum absolute atomic E-state index is 5.89. The largest absolute Gasteiger partial charge is 0.492 e. The molecule has 1 aliphatic heterocycles. The molecule has 1 aliphatic carbocycles. The number of hydrogen-bond acceptors (Lipinski definition) is 5. The Bertz CT molecular complexity index is 1120. The minimum atomic E-state index is 0.575. The second-order valence-corrected chi connectivity index (χ2v) is 7.85. The predicted octanol–water partition coefficient (Wildman–Crippen LogP) is 4.85. The molecule has 3 aromatic rings. The van der Waals surface area contributed by atoms with Crippen LogP contribution in [0.1, 0.15) is 25.0 Å². The van der Waals surface area contributed by atoms with Gasteiger partial charge in [0.1, 0.15) is 12.4 Å². The molecule has 0 atom stereocenters. The number of fused-ring (bicyclic) bond motifs is 1. The summed E-state index contributed by atoms with van der Waals surface area (Å²) in [5.41, 5.74) is 3.91. The highest BCUT2D eigenvalue weighted by molar-refractivity contribution is 5.74. The lowest BCUT2D eigenvalue weighted by Gasteiger charge is -2.15. The summed E-state index contributed by atoms with van der Waals surface area (Å²) >= 11 is 0.